The lowest BCUT2D eigenvalue weighted by Crippen LogP contribution is -2.67. The van der Waals surface area contributed by atoms with Crippen LogP contribution in [0.5, 0.6) is 0 Å². The van der Waals surface area contributed by atoms with E-state index < -0.39 is 40.9 Å². The summed E-state index contributed by atoms with van der Waals surface area (Å²) in [6, 6.07) is 17.2. The molecule has 0 radical (unpaired) electrons. The van der Waals surface area contributed by atoms with Gasteiger partial charge in [0.2, 0.25) is 0 Å². The second-order valence-corrected chi connectivity index (χ2v) is 24.2. The lowest BCUT2D eigenvalue weighted by molar-refractivity contribution is -0.193. The molecule has 0 aliphatic carbocycles. The Labute approximate surface area is 494 Å². The Morgan fingerprint density at radius 1 is 0.560 bits per heavy atom. The molecule has 2 bridgehead atoms. The number of nitrogens with one attached hydrogen (secondary N) is 3. The molecule has 4 saturated heterocycles. The zero-order valence-corrected chi connectivity index (χ0v) is 50.6. The lowest BCUT2D eigenvalue weighted by Gasteiger charge is -2.45. The standard InChI is InChI=1S/C33H56N8O8.C23H39N3O3.2CO2/c1-31(2,3)26-6-4-25(5-7-26)14-37-33-20-36-9-8-35-19-32(34,21-38(15-27(42)43)10-12-40(23-33)17-29(46)47)22-39(16-28(44)45)11-13-41(24-33)18-30(48)49;1-23(2,3)20-8-6-19(7-9-20)16-21-17-25(5)11-10-24(4)12-14-29-15-13-26(21)18-22(27)28;2*2-1-3/h4-7,35-37H,8-24,34H2,1-3H3,(H,42,43)(H,44,45)(H,46,47)(H,48,49);6-9,21H,10-18H2,1-5H3,(H,27,28);;/t;21-;;/m.0../s1. The van der Waals surface area contributed by atoms with Crippen molar-refractivity contribution >= 4 is 42.1 Å². The Hall–Kier alpha value is -5.93. The third-order valence-corrected chi connectivity index (χ3v) is 14.6. The second kappa shape index (κ2) is 37.5. The van der Waals surface area contributed by atoms with Gasteiger partial charge >= 0.3 is 42.1 Å². The molecule has 6 rings (SSSR count). The van der Waals surface area contributed by atoms with E-state index in [9.17, 15) is 49.5 Å². The van der Waals surface area contributed by atoms with E-state index in [2.05, 4.69) is 123 Å². The van der Waals surface area contributed by atoms with E-state index >= 15 is 0 Å². The summed E-state index contributed by atoms with van der Waals surface area (Å²) in [5.41, 5.74) is 9.81. The molecule has 26 nitrogen and oxygen atoms in total. The maximum atomic E-state index is 12.2. The number of carbonyl (C=O) groups is 5. The number of hydrogen-bond donors (Lipinski definition) is 9. The fraction of sp³-hybridized carbons (Fsp3) is 0.672. The van der Waals surface area contributed by atoms with Gasteiger partial charge in [-0.2, -0.15) is 19.2 Å². The van der Waals surface area contributed by atoms with Crippen molar-refractivity contribution in [2.75, 3.05) is 171 Å². The normalized spacial score (nSPS) is 22.4. The van der Waals surface area contributed by atoms with Crippen LogP contribution in [0.4, 0.5) is 0 Å². The van der Waals surface area contributed by atoms with Gasteiger partial charge in [0.15, 0.2) is 0 Å². The number of rotatable bonds is 15. The number of ether oxygens (including phenoxy) is 1. The highest BCUT2D eigenvalue weighted by atomic mass is 16.5. The Bertz CT molecular complexity index is 2310. The molecule has 0 saturated carbocycles. The first kappa shape index (κ1) is 74.2. The van der Waals surface area contributed by atoms with Crippen LogP contribution in [-0.2, 0) is 71.7 Å². The summed E-state index contributed by atoms with van der Waals surface area (Å²) in [4.78, 5) is 106. The number of nitrogens with two attached hydrogens (primary N) is 1. The molecule has 10 N–H and O–H groups in total. The largest absolute Gasteiger partial charge is 0.480 e. The predicted molar refractivity (Wildman–Crippen MR) is 311 cm³/mol. The van der Waals surface area contributed by atoms with Gasteiger partial charge in [-0.05, 0) is 53.6 Å². The smallest absolute Gasteiger partial charge is 0.373 e. The molecule has 4 fully saturated rings. The molecular formula is C58H95N11O15. The quantitative estimate of drug-likeness (QED) is 0.106. The van der Waals surface area contributed by atoms with Crippen LogP contribution in [0, 0.1) is 0 Å². The van der Waals surface area contributed by atoms with E-state index in [1.54, 1.807) is 19.6 Å². The highest BCUT2D eigenvalue weighted by Crippen LogP contribution is 2.25. The number of carbonyl (C=O) groups excluding carboxylic acids is 4. The van der Waals surface area contributed by atoms with Crippen LogP contribution < -0.4 is 21.7 Å². The average molecular weight is 1190 g/mol. The Morgan fingerprint density at radius 3 is 1.36 bits per heavy atom. The van der Waals surface area contributed by atoms with Crippen molar-refractivity contribution in [1.82, 2.24) is 50.2 Å². The van der Waals surface area contributed by atoms with Crippen molar-refractivity contribution in [2.45, 2.75) is 82.5 Å². The minimum absolute atomic E-state index is 0.0277. The summed E-state index contributed by atoms with van der Waals surface area (Å²) in [7, 11) is 4.25. The molecule has 0 aromatic heterocycles. The van der Waals surface area contributed by atoms with Gasteiger partial charge in [-0.3, -0.25) is 48.5 Å². The van der Waals surface area contributed by atoms with Crippen molar-refractivity contribution in [3.05, 3.63) is 70.8 Å². The van der Waals surface area contributed by atoms with Gasteiger partial charge in [-0.1, -0.05) is 90.1 Å². The fourth-order valence-electron chi connectivity index (χ4n) is 10.4. The van der Waals surface area contributed by atoms with Gasteiger partial charge in [0, 0.05) is 124 Å². The third kappa shape index (κ3) is 30.8. The van der Waals surface area contributed by atoms with Gasteiger partial charge in [0.25, 0.3) is 0 Å². The molecule has 26 heteroatoms. The monoisotopic (exact) mass is 1190 g/mol. The van der Waals surface area contributed by atoms with Gasteiger partial charge in [0.1, 0.15) is 0 Å². The predicted octanol–water partition coefficient (Wildman–Crippen LogP) is -0.729. The molecule has 2 aromatic carbocycles. The van der Waals surface area contributed by atoms with Crippen LogP contribution in [0.1, 0.15) is 63.8 Å². The van der Waals surface area contributed by atoms with Gasteiger partial charge in [0.05, 0.1) is 57.0 Å². The molecule has 4 heterocycles. The molecule has 0 amide bonds. The first-order chi connectivity index (χ1) is 39.4. The van der Waals surface area contributed by atoms with Gasteiger partial charge in [-0.15, -0.1) is 0 Å². The summed E-state index contributed by atoms with van der Waals surface area (Å²) >= 11 is 0. The third-order valence-electron chi connectivity index (χ3n) is 14.6. The Morgan fingerprint density at radius 2 is 0.940 bits per heavy atom. The maximum Gasteiger partial charge on any atom is 0.373 e. The molecule has 4 aliphatic rings. The Balaban J connectivity index is 0.000000581. The lowest BCUT2D eigenvalue weighted by atomic mass is 9.86. The van der Waals surface area contributed by atoms with Crippen molar-refractivity contribution in [3.63, 3.8) is 0 Å². The van der Waals surface area contributed by atoms with E-state index in [0.29, 0.717) is 45.9 Å². The molecule has 0 unspecified atom stereocenters. The number of benzene rings is 2. The number of aliphatic carboxylic acids is 5. The van der Waals surface area contributed by atoms with Crippen LogP contribution in [0.3, 0.4) is 0 Å². The van der Waals surface area contributed by atoms with Crippen molar-refractivity contribution in [1.29, 1.82) is 0 Å². The van der Waals surface area contributed by atoms with Crippen LogP contribution in [-0.4, -0.2) is 290 Å². The van der Waals surface area contributed by atoms with Crippen LogP contribution in [0.25, 0.3) is 0 Å². The minimum Gasteiger partial charge on any atom is -0.480 e. The van der Waals surface area contributed by atoms with Crippen molar-refractivity contribution in [3.8, 4) is 0 Å². The van der Waals surface area contributed by atoms with Crippen LogP contribution in [0.15, 0.2) is 48.5 Å². The average Bonchev–Trinajstić information content (AvgIpc) is 3.57. The minimum atomic E-state index is -1.08. The van der Waals surface area contributed by atoms with E-state index in [0.717, 1.165) is 38.2 Å². The van der Waals surface area contributed by atoms with Crippen molar-refractivity contribution in [2.24, 2.45) is 5.73 Å². The summed E-state index contributed by atoms with van der Waals surface area (Å²) in [6.45, 7) is 20.8. The number of carboxylic acids is 5. The van der Waals surface area contributed by atoms with Crippen molar-refractivity contribution < 1.29 is 73.4 Å². The summed E-state index contributed by atoms with van der Waals surface area (Å²) in [5.74, 6) is -5.00. The number of nitrogens with zero attached hydrogens (tertiary/aromatic N) is 7. The van der Waals surface area contributed by atoms with Gasteiger partial charge < -0.3 is 61.8 Å². The Kier molecular flexibility index (Phi) is 33.1. The highest BCUT2D eigenvalue weighted by Gasteiger charge is 2.38. The number of carboxylic acid groups (broad SMARTS) is 5. The zero-order chi connectivity index (χ0) is 63.1. The molecule has 2 aromatic rings. The van der Waals surface area contributed by atoms with E-state index in [1.807, 2.05) is 12.1 Å². The zero-order valence-electron chi connectivity index (χ0n) is 50.6. The molecule has 4 aliphatic heterocycles. The summed E-state index contributed by atoms with van der Waals surface area (Å²) in [5, 5.41) is 59.4. The van der Waals surface area contributed by atoms with Crippen LogP contribution >= 0.6 is 0 Å². The molecular weight excluding hydrogens is 1090 g/mol. The number of hydrogen-bond acceptors (Lipinski definition) is 21. The van der Waals surface area contributed by atoms with E-state index in [4.69, 9.17) is 29.6 Å². The van der Waals surface area contributed by atoms with Gasteiger partial charge in [-0.25, -0.2) is 0 Å². The number of likely N-dealkylation sites (N-methyl/N-ethyl adjacent to an activating group) is 2. The first-order valence-electron chi connectivity index (χ1n) is 28.2. The maximum absolute atomic E-state index is 12.2. The molecule has 84 heavy (non-hydrogen) atoms. The fourth-order valence-corrected chi connectivity index (χ4v) is 10.4. The molecule has 472 valence electrons. The van der Waals surface area contributed by atoms with Crippen LogP contribution in [0.2, 0.25) is 0 Å². The summed E-state index contributed by atoms with van der Waals surface area (Å²) in [6.07, 6.45) is 1.33. The second-order valence-electron chi connectivity index (χ2n) is 24.2. The SMILES string of the molecule is CC(C)(C)c1ccc(CNC23CNCCNCC(N)(CN(CC(=O)O)CCN(CC(=O)O)C2)CN(CC(=O)O)CCN(CC(=O)O)C3)cc1.CN1CCOCCN(CC(=O)O)[C@@H](Cc2ccc(C(C)(C)C)cc2)CN(C)CC1.O=C=O.O=C=O. The van der Waals surface area contributed by atoms with E-state index in [-0.39, 0.29) is 121 Å². The highest BCUT2D eigenvalue weighted by molar-refractivity contribution is 5.70. The molecule has 1 atom stereocenters. The summed E-state index contributed by atoms with van der Waals surface area (Å²) < 4.78 is 5.78. The molecule has 0 spiro atoms. The van der Waals surface area contributed by atoms with E-state index in [1.165, 1.54) is 16.7 Å². The topological polar surface area (TPSA) is 349 Å². The first-order valence-corrected chi connectivity index (χ1v) is 28.2. The number of fused-ring (bicyclic) bond motifs is 15.